The van der Waals surface area contributed by atoms with Gasteiger partial charge in [-0.3, -0.25) is 9.88 Å². The van der Waals surface area contributed by atoms with Crippen LogP contribution in [0.1, 0.15) is 56.2 Å². The molecule has 9 rings (SSSR count). The van der Waals surface area contributed by atoms with Gasteiger partial charge in [0.05, 0.1) is 59.6 Å². The first kappa shape index (κ1) is 31.3. The van der Waals surface area contributed by atoms with E-state index in [1.807, 2.05) is 0 Å². The number of fused-ring (bicyclic) bond motifs is 6. The van der Waals surface area contributed by atoms with Gasteiger partial charge in [0.2, 0.25) is 0 Å². The van der Waals surface area contributed by atoms with E-state index in [2.05, 4.69) is 40.0 Å². The van der Waals surface area contributed by atoms with Crippen LogP contribution in [0.5, 0.6) is 6.01 Å². The molecule has 1 aliphatic carbocycles. The molecule has 4 aliphatic heterocycles. The largest absolute Gasteiger partial charge is 0.463 e. The molecule has 0 spiro atoms. The Kier molecular flexibility index (Phi) is 7.44. The summed E-state index contributed by atoms with van der Waals surface area (Å²) in [4.78, 5) is 19.0. The van der Waals surface area contributed by atoms with Gasteiger partial charge >= 0.3 is 6.01 Å². The molecule has 1 aromatic carbocycles. The number of piperazine rings is 1. The summed E-state index contributed by atoms with van der Waals surface area (Å²) < 4.78 is 51.0. The van der Waals surface area contributed by atoms with E-state index in [0.29, 0.717) is 23.4 Å². The molecule has 0 radical (unpaired) electrons. The number of nitrogens with zero attached hydrogens (tertiary/aromatic N) is 6. The normalized spacial score (nSPS) is 26.0. The highest BCUT2D eigenvalue weighted by Gasteiger charge is 2.46. The van der Waals surface area contributed by atoms with Crippen LogP contribution in [0.2, 0.25) is 0 Å². The van der Waals surface area contributed by atoms with Gasteiger partial charge in [0.25, 0.3) is 0 Å². The summed E-state index contributed by atoms with van der Waals surface area (Å²) in [5.41, 5.74) is 8.00. The van der Waals surface area contributed by atoms with E-state index in [1.54, 1.807) is 0 Å². The van der Waals surface area contributed by atoms with Crippen molar-refractivity contribution in [2.24, 2.45) is 5.41 Å². The molecule has 11 nitrogen and oxygen atoms in total. The number of nitrogens with two attached hydrogens (primary N) is 1. The predicted octanol–water partition coefficient (Wildman–Crippen LogP) is 4.88. The van der Waals surface area contributed by atoms with Gasteiger partial charge in [-0.05, 0) is 50.7 Å². The second-order valence-corrected chi connectivity index (χ2v) is 15.5. The average Bonchev–Trinajstić information content (AvgIpc) is 3.37. The Morgan fingerprint density at radius 1 is 1.10 bits per heavy atom. The van der Waals surface area contributed by atoms with Gasteiger partial charge in [-0.25, -0.2) is 8.78 Å². The molecular weight excluding hydrogens is 651 g/mol. The van der Waals surface area contributed by atoms with Crippen molar-refractivity contribution in [2.45, 2.75) is 77.0 Å². The fourth-order valence-corrected chi connectivity index (χ4v) is 9.55. The molecule has 256 valence electrons. The Morgan fingerprint density at radius 3 is 2.55 bits per heavy atom. The van der Waals surface area contributed by atoms with Crippen molar-refractivity contribution in [1.82, 2.24) is 25.2 Å². The highest BCUT2D eigenvalue weighted by Crippen LogP contribution is 2.49. The van der Waals surface area contributed by atoms with E-state index < -0.39 is 11.6 Å². The first-order valence-corrected chi connectivity index (χ1v) is 17.9. The van der Waals surface area contributed by atoms with Crippen molar-refractivity contribution in [2.75, 3.05) is 50.0 Å². The van der Waals surface area contributed by atoms with Crippen LogP contribution in [0.15, 0.2) is 6.20 Å². The zero-order chi connectivity index (χ0) is 33.6. The van der Waals surface area contributed by atoms with E-state index in [1.165, 1.54) is 0 Å². The molecule has 0 amide bonds. The second kappa shape index (κ2) is 11.7. The van der Waals surface area contributed by atoms with E-state index in [9.17, 15) is 5.26 Å². The number of thiophene rings is 1. The third-order valence-electron chi connectivity index (χ3n) is 10.9. The Morgan fingerprint density at radius 2 is 1.84 bits per heavy atom. The minimum atomic E-state index is -0.623. The highest BCUT2D eigenvalue weighted by molar-refractivity contribution is 7.23. The fourth-order valence-electron chi connectivity index (χ4n) is 8.63. The van der Waals surface area contributed by atoms with Crippen molar-refractivity contribution in [1.29, 1.82) is 5.26 Å². The molecule has 3 saturated heterocycles. The highest BCUT2D eigenvalue weighted by atomic mass is 32.1. The minimum Gasteiger partial charge on any atom is -0.463 e. The third-order valence-corrected chi connectivity index (χ3v) is 12.0. The zero-order valence-electron chi connectivity index (χ0n) is 27.5. The molecule has 2 bridgehead atoms. The Hall–Kier alpha value is -3.74. The van der Waals surface area contributed by atoms with Gasteiger partial charge in [0.1, 0.15) is 22.4 Å². The fraction of sp³-hybridized carbons (Fsp3) is 0.543. The standard InChI is InChI=1S/C35H38F2N8O3S/c1-17-11-44(12-18(2)48-17)15-35(5-6-35)16-47-34-42-30-27(33(43-34)45-19-3-4-20(45)9-40-8-19)23-14-46-13-22(23)25(28(30)37)29-26-21(7-38)32(39)49-31(26)24(36)10-41-29/h10,17-20,40H,3-6,8-9,11-16,39H2,1-2H3/t17-,18+,19?,20?. The maximum atomic E-state index is 17.4. The smallest absolute Gasteiger partial charge is 0.319 e. The molecule has 4 fully saturated rings. The summed E-state index contributed by atoms with van der Waals surface area (Å²) in [6.45, 7) is 9.28. The number of morpholine rings is 1. The Balaban J connectivity index is 1.19. The summed E-state index contributed by atoms with van der Waals surface area (Å²) in [5.74, 6) is -0.575. The predicted molar refractivity (Wildman–Crippen MR) is 181 cm³/mol. The number of rotatable bonds is 7. The van der Waals surface area contributed by atoms with Crippen molar-refractivity contribution >= 4 is 43.1 Å². The molecular formula is C35H38F2N8O3S. The van der Waals surface area contributed by atoms with Crippen molar-refractivity contribution in [3.63, 3.8) is 0 Å². The van der Waals surface area contributed by atoms with Gasteiger partial charge in [0.15, 0.2) is 11.6 Å². The second-order valence-electron chi connectivity index (χ2n) is 14.5. The number of aromatic nitrogens is 3. The lowest BCUT2D eigenvalue weighted by molar-refractivity contribution is -0.0741. The molecule has 49 heavy (non-hydrogen) atoms. The SMILES string of the molecule is C[C@@H]1CN(CC2(COc3nc(N4C5CCC4CNC5)c4c5c(c(-c6ncc(F)c7sc(N)c(C#N)c67)c(F)c4n3)COC5)CC2)C[C@H](C)O1. The van der Waals surface area contributed by atoms with Gasteiger partial charge in [-0.15, -0.1) is 11.3 Å². The van der Waals surface area contributed by atoms with Crippen LogP contribution in [0, 0.1) is 28.4 Å². The Labute approximate surface area is 286 Å². The molecule has 14 heteroatoms. The van der Waals surface area contributed by atoms with Crippen LogP contribution < -0.4 is 20.7 Å². The molecule has 5 aliphatic rings. The van der Waals surface area contributed by atoms with E-state index >= 15 is 8.78 Å². The maximum absolute atomic E-state index is 17.4. The average molecular weight is 689 g/mol. The van der Waals surface area contributed by atoms with Crippen molar-refractivity contribution in [3.8, 4) is 23.3 Å². The number of hydrogen-bond donors (Lipinski definition) is 2. The molecule has 4 atom stereocenters. The van der Waals surface area contributed by atoms with E-state index in [0.717, 1.165) is 81.5 Å². The summed E-state index contributed by atoms with van der Waals surface area (Å²) in [6.07, 6.45) is 5.50. The van der Waals surface area contributed by atoms with E-state index in [4.69, 9.17) is 29.9 Å². The van der Waals surface area contributed by atoms with Crippen molar-refractivity contribution < 1.29 is 23.0 Å². The van der Waals surface area contributed by atoms with Crippen LogP contribution in [-0.2, 0) is 22.7 Å². The summed E-state index contributed by atoms with van der Waals surface area (Å²) >= 11 is 0.958. The quantitative estimate of drug-likeness (QED) is 0.275. The van der Waals surface area contributed by atoms with Gasteiger partial charge in [0, 0.05) is 61.2 Å². The van der Waals surface area contributed by atoms with Gasteiger partial charge in [-0.2, -0.15) is 15.2 Å². The van der Waals surface area contributed by atoms with Crippen molar-refractivity contribution in [3.05, 3.63) is 34.5 Å². The van der Waals surface area contributed by atoms with Gasteiger partial charge in [-0.1, -0.05) is 0 Å². The molecule has 3 aromatic heterocycles. The lowest BCUT2D eigenvalue weighted by Crippen LogP contribution is -2.52. The molecule has 2 unspecified atom stereocenters. The summed E-state index contributed by atoms with van der Waals surface area (Å²) in [7, 11) is 0. The zero-order valence-corrected chi connectivity index (χ0v) is 28.3. The summed E-state index contributed by atoms with van der Waals surface area (Å²) in [6, 6.07) is 2.63. The molecule has 7 heterocycles. The number of halogens is 2. The molecule has 1 saturated carbocycles. The third kappa shape index (κ3) is 5.12. The number of nitrogen functional groups attached to an aromatic ring is 1. The summed E-state index contributed by atoms with van der Waals surface area (Å²) in [5, 5.41) is 14.5. The van der Waals surface area contributed by atoms with Crippen LogP contribution in [0.3, 0.4) is 0 Å². The topological polar surface area (TPSA) is 135 Å². The number of benzene rings is 1. The van der Waals surface area contributed by atoms with Gasteiger partial charge < -0.3 is 30.2 Å². The number of nitriles is 1. The van der Waals surface area contributed by atoms with Crippen LogP contribution in [0.4, 0.5) is 19.6 Å². The number of hydrogen-bond acceptors (Lipinski definition) is 12. The minimum absolute atomic E-state index is 0.0188. The van der Waals surface area contributed by atoms with Crippen LogP contribution in [0.25, 0.3) is 32.2 Å². The number of pyridine rings is 1. The monoisotopic (exact) mass is 688 g/mol. The first-order valence-electron chi connectivity index (χ1n) is 17.1. The number of ether oxygens (including phenoxy) is 3. The number of nitrogens with one attached hydrogen (secondary N) is 1. The molecule has 4 aromatic rings. The first-order chi connectivity index (χ1) is 23.7. The lowest BCUT2D eigenvalue weighted by atomic mass is 9.93. The Bertz CT molecular complexity index is 2020. The van der Waals surface area contributed by atoms with Crippen LogP contribution >= 0.6 is 11.3 Å². The van der Waals surface area contributed by atoms with E-state index in [-0.39, 0.29) is 86.4 Å². The number of anilines is 2. The van der Waals surface area contributed by atoms with Crippen LogP contribution in [-0.4, -0.2) is 83.5 Å². The molecule has 3 N–H and O–H groups in total. The lowest BCUT2D eigenvalue weighted by Gasteiger charge is -2.37. The maximum Gasteiger partial charge on any atom is 0.319 e.